The smallest absolute Gasteiger partial charge is 0.328 e. The van der Waals surface area contributed by atoms with Crippen LogP contribution in [0.5, 0.6) is 0 Å². The molecule has 0 fully saturated rings. The van der Waals surface area contributed by atoms with E-state index in [4.69, 9.17) is 4.74 Å². The third-order valence-electron chi connectivity index (χ3n) is 3.59. The SMILES string of the molecule is CCCC(NC(=O)CNC=O)C(=O)NC(COCc1ccccc1)C(=O)O. The van der Waals surface area contributed by atoms with Gasteiger partial charge in [0.2, 0.25) is 18.2 Å². The highest BCUT2D eigenvalue weighted by Gasteiger charge is 2.26. The summed E-state index contributed by atoms with van der Waals surface area (Å²) < 4.78 is 5.39. The number of ether oxygens (including phenoxy) is 1. The molecule has 0 spiro atoms. The van der Waals surface area contributed by atoms with Crippen LogP contribution in [-0.2, 0) is 30.5 Å². The molecule has 0 aromatic heterocycles. The third kappa shape index (κ3) is 8.82. The van der Waals surface area contributed by atoms with Crippen molar-refractivity contribution in [3.05, 3.63) is 35.9 Å². The molecule has 0 aliphatic heterocycles. The lowest BCUT2D eigenvalue weighted by molar-refractivity contribution is -0.144. The largest absolute Gasteiger partial charge is 0.480 e. The summed E-state index contributed by atoms with van der Waals surface area (Å²) in [4.78, 5) is 45.7. The second-order valence-electron chi connectivity index (χ2n) is 5.81. The number of benzene rings is 1. The number of nitrogens with one attached hydrogen (secondary N) is 3. The van der Waals surface area contributed by atoms with Gasteiger partial charge >= 0.3 is 5.97 Å². The summed E-state index contributed by atoms with van der Waals surface area (Å²) in [6.07, 6.45) is 1.30. The van der Waals surface area contributed by atoms with Gasteiger partial charge in [-0.3, -0.25) is 14.4 Å². The summed E-state index contributed by atoms with van der Waals surface area (Å²) in [6, 6.07) is 7.08. The Kier molecular flexibility index (Phi) is 10.2. The molecule has 2 unspecified atom stereocenters. The first-order chi connectivity index (χ1) is 13.0. The zero-order valence-electron chi connectivity index (χ0n) is 15.1. The molecule has 4 N–H and O–H groups in total. The van der Waals surface area contributed by atoms with Gasteiger partial charge in [-0.1, -0.05) is 43.7 Å². The van der Waals surface area contributed by atoms with Crippen LogP contribution in [0.4, 0.5) is 0 Å². The first kappa shape index (κ1) is 22.1. The topological polar surface area (TPSA) is 134 Å². The summed E-state index contributed by atoms with van der Waals surface area (Å²) in [6.45, 7) is 1.57. The van der Waals surface area contributed by atoms with E-state index < -0.39 is 29.9 Å². The second-order valence-corrected chi connectivity index (χ2v) is 5.81. The fraction of sp³-hybridized carbons (Fsp3) is 0.444. The maximum Gasteiger partial charge on any atom is 0.328 e. The number of carbonyl (C=O) groups is 4. The van der Waals surface area contributed by atoms with Crippen LogP contribution in [0, 0.1) is 0 Å². The second kappa shape index (κ2) is 12.4. The van der Waals surface area contributed by atoms with Crippen LogP contribution in [0.3, 0.4) is 0 Å². The predicted octanol–water partition coefficient (Wildman–Crippen LogP) is -0.196. The first-order valence-electron chi connectivity index (χ1n) is 8.59. The fourth-order valence-corrected chi connectivity index (χ4v) is 2.25. The van der Waals surface area contributed by atoms with Gasteiger partial charge in [0.1, 0.15) is 6.04 Å². The monoisotopic (exact) mass is 379 g/mol. The molecule has 9 nitrogen and oxygen atoms in total. The van der Waals surface area contributed by atoms with Gasteiger partial charge in [0.15, 0.2) is 6.04 Å². The Morgan fingerprint density at radius 2 is 1.85 bits per heavy atom. The number of carbonyl (C=O) groups excluding carboxylic acids is 3. The highest BCUT2D eigenvalue weighted by molar-refractivity contribution is 5.91. The number of aliphatic carboxylic acids is 1. The highest BCUT2D eigenvalue weighted by Crippen LogP contribution is 2.02. The van der Waals surface area contributed by atoms with Crippen molar-refractivity contribution >= 4 is 24.2 Å². The van der Waals surface area contributed by atoms with Crippen LogP contribution in [0.15, 0.2) is 30.3 Å². The number of amides is 3. The predicted molar refractivity (Wildman–Crippen MR) is 96.6 cm³/mol. The molecule has 0 saturated heterocycles. The van der Waals surface area contributed by atoms with Gasteiger partial charge in [0.25, 0.3) is 0 Å². The Hall–Kier alpha value is -2.94. The van der Waals surface area contributed by atoms with Crippen molar-refractivity contribution < 1.29 is 29.0 Å². The summed E-state index contributed by atoms with van der Waals surface area (Å²) >= 11 is 0. The van der Waals surface area contributed by atoms with Crippen molar-refractivity contribution in [1.82, 2.24) is 16.0 Å². The van der Waals surface area contributed by atoms with Crippen LogP contribution in [0.25, 0.3) is 0 Å². The van der Waals surface area contributed by atoms with Crippen molar-refractivity contribution in [2.75, 3.05) is 13.2 Å². The maximum absolute atomic E-state index is 12.4. The molecule has 1 aromatic carbocycles. The van der Waals surface area contributed by atoms with Crippen LogP contribution in [0.2, 0.25) is 0 Å². The van der Waals surface area contributed by atoms with E-state index in [-0.39, 0.29) is 19.8 Å². The van der Waals surface area contributed by atoms with Crippen molar-refractivity contribution in [1.29, 1.82) is 0 Å². The number of rotatable bonds is 13. The van der Waals surface area contributed by atoms with E-state index in [1.807, 2.05) is 37.3 Å². The minimum Gasteiger partial charge on any atom is -0.480 e. The minimum atomic E-state index is -1.24. The Balaban J connectivity index is 2.58. The van der Waals surface area contributed by atoms with E-state index in [9.17, 15) is 24.3 Å². The summed E-state index contributed by atoms with van der Waals surface area (Å²) in [5.74, 6) is -2.39. The molecule has 9 heteroatoms. The molecular weight excluding hydrogens is 354 g/mol. The van der Waals surface area contributed by atoms with E-state index in [0.717, 1.165) is 5.56 Å². The first-order valence-corrected chi connectivity index (χ1v) is 8.59. The Morgan fingerprint density at radius 1 is 1.15 bits per heavy atom. The maximum atomic E-state index is 12.4. The van der Waals surface area contributed by atoms with Gasteiger partial charge in [-0.2, -0.15) is 0 Å². The summed E-state index contributed by atoms with van der Waals surface area (Å²) in [7, 11) is 0. The van der Waals surface area contributed by atoms with E-state index >= 15 is 0 Å². The van der Waals surface area contributed by atoms with Gasteiger partial charge in [0, 0.05) is 0 Å². The zero-order chi connectivity index (χ0) is 20.1. The molecule has 0 aliphatic rings. The van der Waals surface area contributed by atoms with Crippen molar-refractivity contribution in [3.8, 4) is 0 Å². The lowest BCUT2D eigenvalue weighted by Crippen LogP contribution is -2.53. The molecule has 0 heterocycles. The molecule has 0 aliphatic carbocycles. The van der Waals surface area contributed by atoms with Gasteiger partial charge < -0.3 is 25.8 Å². The van der Waals surface area contributed by atoms with Gasteiger partial charge in [-0.25, -0.2) is 4.79 Å². The Labute approximate surface area is 157 Å². The molecule has 1 aromatic rings. The van der Waals surface area contributed by atoms with Crippen molar-refractivity contribution in [3.63, 3.8) is 0 Å². The molecule has 27 heavy (non-hydrogen) atoms. The minimum absolute atomic E-state index is 0.213. The van der Waals surface area contributed by atoms with Crippen LogP contribution in [-0.4, -0.2) is 54.5 Å². The normalized spacial score (nSPS) is 12.5. The molecule has 0 saturated carbocycles. The average molecular weight is 379 g/mol. The van der Waals surface area contributed by atoms with Gasteiger partial charge in [0.05, 0.1) is 19.8 Å². The number of carboxylic acids is 1. The molecule has 1 rings (SSSR count). The van der Waals surface area contributed by atoms with Gasteiger partial charge in [-0.15, -0.1) is 0 Å². The lowest BCUT2D eigenvalue weighted by Gasteiger charge is -2.21. The number of hydrogen-bond donors (Lipinski definition) is 4. The zero-order valence-corrected chi connectivity index (χ0v) is 15.1. The van der Waals surface area contributed by atoms with E-state index in [2.05, 4.69) is 16.0 Å². The van der Waals surface area contributed by atoms with Crippen LogP contribution >= 0.6 is 0 Å². The quantitative estimate of drug-likeness (QED) is 0.351. The molecule has 2 atom stereocenters. The fourth-order valence-electron chi connectivity index (χ4n) is 2.25. The average Bonchev–Trinajstić information content (AvgIpc) is 2.65. The lowest BCUT2D eigenvalue weighted by atomic mass is 10.1. The summed E-state index contributed by atoms with van der Waals surface area (Å²) in [5.41, 5.74) is 0.881. The Morgan fingerprint density at radius 3 is 2.44 bits per heavy atom. The molecule has 0 bridgehead atoms. The van der Waals surface area contributed by atoms with Gasteiger partial charge in [-0.05, 0) is 12.0 Å². The van der Waals surface area contributed by atoms with E-state index in [1.165, 1.54) is 0 Å². The molecule has 148 valence electrons. The van der Waals surface area contributed by atoms with Crippen LogP contribution < -0.4 is 16.0 Å². The number of hydrogen-bond acceptors (Lipinski definition) is 5. The Bertz CT molecular complexity index is 623. The highest BCUT2D eigenvalue weighted by atomic mass is 16.5. The van der Waals surface area contributed by atoms with Crippen LogP contribution in [0.1, 0.15) is 25.3 Å². The van der Waals surface area contributed by atoms with Crippen molar-refractivity contribution in [2.45, 2.75) is 38.5 Å². The molecule has 0 radical (unpaired) electrons. The number of carboxylic acid groups (broad SMARTS) is 1. The van der Waals surface area contributed by atoms with Crippen molar-refractivity contribution in [2.24, 2.45) is 0 Å². The summed E-state index contributed by atoms with van der Waals surface area (Å²) in [5, 5.41) is 16.4. The molecular formula is C18H25N3O6. The van der Waals surface area contributed by atoms with E-state index in [1.54, 1.807) is 0 Å². The standard InChI is InChI=1S/C18H25N3O6/c1-2-6-14(20-16(23)9-19-12-22)17(24)21-15(18(25)26)11-27-10-13-7-4-3-5-8-13/h3-5,7-8,12,14-15H,2,6,9-11H2,1H3,(H,19,22)(H,20,23)(H,21,24)(H,25,26). The third-order valence-corrected chi connectivity index (χ3v) is 3.59. The molecule has 3 amide bonds. The van der Waals surface area contributed by atoms with E-state index in [0.29, 0.717) is 19.3 Å².